The number of ketones is 2. The van der Waals surface area contributed by atoms with Crippen molar-refractivity contribution >= 4 is 23.5 Å². The number of nitrogens with one attached hydrogen (secondary N) is 2. The number of carbonyl (C=O) groups excluding carboxylic acids is 3. The third-order valence-corrected chi connectivity index (χ3v) is 3.26. The molecule has 1 heterocycles. The van der Waals surface area contributed by atoms with Crippen LogP contribution in [0.1, 0.15) is 46.0 Å². The minimum atomic E-state index is -0.233. The Labute approximate surface area is 134 Å². The second kappa shape index (κ2) is 7.35. The van der Waals surface area contributed by atoms with Gasteiger partial charge in [-0.05, 0) is 43.7 Å². The van der Waals surface area contributed by atoms with Gasteiger partial charge in [-0.3, -0.25) is 14.4 Å². The van der Waals surface area contributed by atoms with Crippen LogP contribution in [-0.2, 0) is 11.3 Å². The smallest absolute Gasteiger partial charge is 0.267 e. The normalized spacial score (nSPS) is 10.7. The molecule has 23 heavy (non-hydrogen) atoms. The van der Waals surface area contributed by atoms with Gasteiger partial charge in [0, 0.05) is 17.8 Å². The van der Waals surface area contributed by atoms with E-state index in [1.54, 1.807) is 30.3 Å². The largest absolute Gasteiger partial charge is 0.351 e. The van der Waals surface area contributed by atoms with Crippen molar-refractivity contribution in [3.05, 3.63) is 65.0 Å². The number of hydrogen-bond acceptors (Lipinski definition) is 3. The monoisotopic (exact) mass is 310 g/mol. The summed E-state index contributed by atoms with van der Waals surface area (Å²) >= 11 is 0. The fraction of sp³-hybridized carbons (Fsp3) is 0.167. The maximum Gasteiger partial charge on any atom is 0.267 e. The molecule has 0 aliphatic heterocycles. The maximum atomic E-state index is 12.1. The molecule has 0 saturated heterocycles. The SMILES string of the molecule is CC(=O)/C=C/c1ccc(C(=O)NCc2ccc(C(C)=O)cc2)[nH]1. The van der Waals surface area contributed by atoms with E-state index in [4.69, 9.17) is 0 Å². The van der Waals surface area contributed by atoms with Gasteiger partial charge in [0.25, 0.3) is 5.91 Å². The van der Waals surface area contributed by atoms with Crippen molar-refractivity contribution in [1.29, 1.82) is 0 Å². The van der Waals surface area contributed by atoms with E-state index in [9.17, 15) is 14.4 Å². The molecule has 0 fully saturated rings. The van der Waals surface area contributed by atoms with E-state index in [1.165, 1.54) is 19.9 Å². The molecule has 118 valence electrons. The van der Waals surface area contributed by atoms with Crippen molar-refractivity contribution in [2.75, 3.05) is 0 Å². The van der Waals surface area contributed by atoms with Crippen LogP contribution >= 0.6 is 0 Å². The first-order valence-electron chi connectivity index (χ1n) is 7.21. The second-order valence-electron chi connectivity index (χ2n) is 5.21. The van der Waals surface area contributed by atoms with Crippen LogP contribution in [0.3, 0.4) is 0 Å². The zero-order chi connectivity index (χ0) is 16.8. The lowest BCUT2D eigenvalue weighted by molar-refractivity contribution is -0.112. The molecule has 0 radical (unpaired) electrons. The first-order chi connectivity index (χ1) is 11.0. The van der Waals surface area contributed by atoms with E-state index in [0.29, 0.717) is 23.5 Å². The number of amides is 1. The first-order valence-corrected chi connectivity index (χ1v) is 7.21. The Hall–Kier alpha value is -2.95. The minimum absolute atomic E-state index is 0.0121. The van der Waals surface area contributed by atoms with Crippen LogP contribution in [0, 0.1) is 0 Å². The lowest BCUT2D eigenvalue weighted by atomic mass is 10.1. The Kier molecular flexibility index (Phi) is 5.25. The number of Topliss-reactive ketones (excluding diaryl/α,β-unsaturated/α-hetero) is 1. The third kappa shape index (κ3) is 4.78. The molecule has 2 aromatic rings. The van der Waals surface area contributed by atoms with E-state index in [1.807, 2.05) is 12.1 Å². The molecule has 0 aliphatic rings. The van der Waals surface area contributed by atoms with Crippen molar-refractivity contribution in [3.8, 4) is 0 Å². The van der Waals surface area contributed by atoms with Crippen molar-refractivity contribution in [1.82, 2.24) is 10.3 Å². The van der Waals surface area contributed by atoms with Gasteiger partial charge in [-0.25, -0.2) is 0 Å². The molecule has 5 heteroatoms. The molecule has 0 bridgehead atoms. The Morgan fingerprint density at radius 3 is 2.35 bits per heavy atom. The first kappa shape index (κ1) is 16.4. The average Bonchev–Trinajstić information content (AvgIpc) is 3.00. The van der Waals surface area contributed by atoms with Gasteiger partial charge in [-0.2, -0.15) is 0 Å². The Balaban J connectivity index is 1.94. The highest BCUT2D eigenvalue weighted by molar-refractivity contribution is 5.94. The predicted octanol–water partition coefficient (Wildman–Crippen LogP) is 2.75. The van der Waals surface area contributed by atoms with E-state index < -0.39 is 0 Å². The summed E-state index contributed by atoms with van der Waals surface area (Å²) in [4.78, 5) is 37.1. The van der Waals surface area contributed by atoms with Gasteiger partial charge in [0.2, 0.25) is 0 Å². The zero-order valence-electron chi connectivity index (χ0n) is 13.1. The fourth-order valence-corrected chi connectivity index (χ4v) is 1.98. The molecule has 0 atom stereocenters. The molecule has 0 saturated carbocycles. The van der Waals surface area contributed by atoms with Crippen LogP contribution in [0.2, 0.25) is 0 Å². The Bertz CT molecular complexity index is 755. The number of benzene rings is 1. The summed E-state index contributed by atoms with van der Waals surface area (Å²) in [5.74, 6) is -0.277. The molecule has 1 aromatic carbocycles. The molecular formula is C18H18N2O3. The number of aromatic nitrogens is 1. The van der Waals surface area contributed by atoms with E-state index in [2.05, 4.69) is 10.3 Å². The molecule has 2 rings (SSSR count). The highest BCUT2D eigenvalue weighted by atomic mass is 16.2. The minimum Gasteiger partial charge on any atom is -0.351 e. The molecule has 1 amide bonds. The Morgan fingerprint density at radius 1 is 1.04 bits per heavy atom. The second-order valence-corrected chi connectivity index (χ2v) is 5.21. The van der Waals surface area contributed by atoms with E-state index in [-0.39, 0.29) is 17.5 Å². The third-order valence-electron chi connectivity index (χ3n) is 3.26. The fourth-order valence-electron chi connectivity index (χ4n) is 1.98. The summed E-state index contributed by atoms with van der Waals surface area (Å²) in [6.45, 7) is 3.35. The highest BCUT2D eigenvalue weighted by Crippen LogP contribution is 2.07. The number of H-pyrrole nitrogens is 1. The summed E-state index contributed by atoms with van der Waals surface area (Å²) in [6.07, 6.45) is 3.06. The van der Waals surface area contributed by atoms with Crippen molar-refractivity contribution in [2.45, 2.75) is 20.4 Å². The summed E-state index contributed by atoms with van der Waals surface area (Å²) in [7, 11) is 0. The van der Waals surface area contributed by atoms with Crippen LogP contribution in [-0.4, -0.2) is 22.5 Å². The Morgan fingerprint density at radius 2 is 1.74 bits per heavy atom. The summed E-state index contributed by atoms with van der Waals surface area (Å²) in [5.41, 5.74) is 2.67. The maximum absolute atomic E-state index is 12.1. The number of allylic oxidation sites excluding steroid dienone is 1. The van der Waals surface area contributed by atoms with Gasteiger partial charge < -0.3 is 10.3 Å². The van der Waals surface area contributed by atoms with Gasteiger partial charge >= 0.3 is 0 Å². The predicted molar refractivity (Wildman–Crippen MR) is 88.1 cm³/mol. The van der Waals surface area contributed by atoms with Crippen LogP contribution in [0.15, 0.2) is 42.5 Å². The highest BCUT2D eigenvalue weighted by Gasteiger charge is 2.07. The molecule has 0 unspecified atom stereocenters. The van der Waals surface area contributed by atoms with Crippen LogP contribution in [0.25, 0.3) is 6.08 Å². The van der Waals surface area contributed by atoms with E-state index in [0.717, 1.165) is 5.56 Å². The average molecular weight is 310 g/mol. The molecule has 0 aliphatic carbocycles. The number of aromatic amines is 1. The molecule has 5 nitrogen and oxygen atoms in total. The number of hydrogen-bond donors (Lipinski definition) is 2. The van der Waals surface area contributed by atoms with Crippen molar-refractivity contribution in [3.63, 3.8) is 0 Å². The van der Waals surface area contributed by atoms with Crippen LogP contribution in [0.5, 0.6) is 0 Å². The lowest BCUT2D eigenvalue weighted by Gasteiger charge is -2.05. The lowest BCUT2D eigenvalue weighted by Crippen LogP contribution is -2.23. The molecule has 2 N–H and O–H groups in total. The van der Waals surface area contributed by atoms with Gasteiger partial charge in [0.15, 0.2) is 11.6 Å². The van der Waals surface area contributed by atoms with Gasteiger partial charge in [-0.1, -0.05) is 24.3 Å². The van der Waals surface area contributed by atoms with Gasteiger partial charge in [0.1, 0.15) is 5.69 Å². The van der Waals surface area contributed by atoms with Gasteiger partial charge in [-0.15, -0.1) is 0 Å². The zero-order valence-corrected chi connectivity index (χ0v) is 13.1. The molecular weight excluding hydrogens is 292 g/mol. The number of carbonyl (C=O) groups is 3. The summed E-state index contributed by atoms with van der Waals surface area (Å²) in [6, 6.07) is 10.5. The van der Waals surface area contributed by atoms with Crippen LogP contribution in [0.4, 0.5) is 0 Å². The standard InChI is InChI=1S/C18H18N2O3/c1-12(21)3-8-16-9-10-17(20-16)18(23)19-11-14-4-6-15(7-5-14)13(2)22/h3-10,20H,11H2,1-2H3,(H,19,23)/b8-3+. The summed E-state index contributed by atoms with van der Waals surface area (Å²) in [5, 5.41) is 2.80. The summed E-state index contributed by atoms with van der Waals surface area (Å²) < 4.78 is 0. The molecule has 0 spiro atoms. The van der Waals surface area contributed by atoms with Crippen molar-refractivity contribution in [2.24, 2.45) is 0 Å². The van der Waals surface area contributed by atoms with E-state index >= 15 is 0 Å². The topological polar surface area (TPSA) is 79.0 Å². The molecule has 1 aromatic heterocycles. The quantitative estimate of drug-likeness (QED) is 0.636. The van der Waals surface area contributed by atoms with Gasteiger partial charge in [0.05, 0.1) is 0 Å². The number of rotatable bonds is 6. The van der Waals surface area contributed by atoms with Crippen molar-refractivity contribution < 1.29 is 14.4 Å². The van der Waals surface area contributed by atoms with Crippen LogP contribution < -0.4 is 5.32 Å².